The first-order valence-corrected chi connectivity index (χ1v) is 8.87. The highest BCUT2D eigenvalue weighted by Crippen LogP contribution is 2.32. The van der Waals surface area contributed by atoms with Crippen molar-refractivity contribution in [2.24, 2.45) is 0 Å². The maximum absolute atomic E-state index is 12.6. The molecule has 0 fully saturated rings. The number of hydrogen-bond donors (Lipinski definition) is 0. The number of benzene rings is 2. The molecule has 0 aliphatic heterocycles. The van der Waals surface area contributed by atoms with E-state index in [1.165, 1.54) is 17.7 Å². The van der Waals surface area contributed by atoms with Crippen LogP contribution in [-0.2, 0) is 5.75 Å². The van der Waals surface area contributed by atoms with Crippen LogP contribution in [0.25, 0.3) is 22.4 Å². The molecule has 0 atom stereocenters. The fourth-order valence-corrected chi connectivity index (χ4v) is 3.41. The first-order valence-electron chi connectivity index (χ1n) is 7.89. The van der Waals surface area contributed by atoms with E-state index < -0.39 is 6.43 Å². The van der Waals surface area contributed by atoms with Crippen molar-refractivity contribution in [1.82, 2.24) is 15.4 Å². The molecule has 26 heavy (non-hydrogen) atoms. The lowest BCUT2D eigenvalue weighted by atomic mass is 10.1. The Hall–Kier alpha value is -2.80. The lowest BCUT2D eigenvalue weighted by Crippen LogP contribution is -1.94. The Morgan fingerprint density at radius 1 is 0.962 bits per heavy atom. The third-order valence-electron chi connectivity index (χ3n) is 3.84. The molecule has 2 aromatic heterocycles. The number of nitrogens with zero attached hydrogens (tertiary/aromatic N) is 3. The summed E-state index contributed by atoms with van der Waals surface area (Å²) < 4.78 is 30.6. The van der Waals surface area contributed by atoms with Gasteiger partial charge in [-0.3, -0.25) is 0 Å². The number of hydrogen-bond acceptors (Lipinski definition) is 5. The van der Waals surface area contributed by atoms with Gasteiger partial charge in [-0.25, -0.2) is 8.78 Å². The summed E-state index contributed by atoms with van der Waals surface area (Å²) in [6.07, 6.45) is -2.65. The monoisotopic (exact) mass is 369 g/mol. The maximum atomic E-state index is 12.6. The van der Waals surface area contributed by atoms with Gasteiger partial charge in [-0.15, -0.1) is 22.0 Å². The topological polar surface area (TPSA) is 51.8 Å². The normalized spacial score (nSPS) is 11.3. The van der Waals surface area contributed by atoms with E-state index in [0.29, 0.717) is 17.0 Å². The molecule has 7 heteroatoms. The van der Waals surface area contributed by atoms with E-state index in [-0.39, 0.29) is 5.69 Å². The summed E-state index contributed by atoms with van der Waals surface area (Å²) in [4.78, 5) is 1.06. The molecular weight excluding hydrogens is 356 g/mol. The van der Waals surface area contributed by atoms with Crippen molar-refractivity contribution in [2.75, 3.05) is 0 Å². The Morgan fingerprint density at radius 2 is 1.81 bits per heavy atom. The minimum absolute atomic E-state index is 0.361. The molecule has 0 N–H and O–H groups in total. The van der Waals surface area contributed by atoms with Gasteiger partial charge >= 0.3 is 0 Å². The van der Waals surface area contributed by atoms with E-state index in [4.69, 9.17) is 4.52 Å². The number of fused-ring (bicyclic) bond motifs is 1. The van der Waals surface area contributed by atoms with Gasteiger partial charge in [0, 0.05) is 10.6 Å². The lowest BCUT2D eigenvalue weighted by Gasteiger charge is -2.03. The Morgan fingerprint density at radius 3 is 2.54 bits per heavy atom. The fourth-order valence-electron chi connectivity index (χ4n) is 2.52. The molecule has 0 saturated carbocycles. The highest BCUT2D eigenvalue weighted by molar-refractivity contribution is 7.98. The third-order valence-corrected chi connectivity index (χ3v) is 4.91. The van der Waals surface area contributed by atoms with Gasteiger partial charge in [-0.05, 0) is 35.9 Å². The molecule has 0 aliphatic carbocycles. The van der Waals surface area contributed by atoms with Crippen LogP contribution < -0.4 is 0 Å². The average molecular weight is 369 g/mol. The van der Waals surface area contributed by atoms with Crippen LogP contribution in [0.1, 0.15) is 17.7 Å². The molecule has 2 heterocycles. The molecule has 2 aromatic carbocycles. The largest absolute Gasteiger partial charge is 0.356 e. The first-order chi connectivity index (χ1) is 12.7. The molecule has 0 unspecified atom stereocenters. The van der Waals surface area contributed by atoms with E-state index in [9.17, 15) is 8.78 Å². The molecule has 0 aliphatic rings. The molecule has 0 amide bonds. The van der Waals surface area contributed by atoms with Crippen molar-refractivity contribution in [2.45, 2.75) is 17.1 Å². The zero-order chi connectivity index (χ0) is 17.9. The summed E-state index contributed by atoms with van der Waals surface area (Å²) in [7, 11) is 0. The van der Waals surface area contributed by atoms with Gasteiger partial charge in [0.15, 0.2) is 5.58 Å². The summed E-state index contributed by atoms with van der Waals surface area (Å²) in [5.74, 6) is 0.843. The van der Waals surface area contributed by atoms with E-state index in [1.54, 1.807) is 11.8 Å². The van der Waals surface area contributed by atoms with Crippen molar-refractivity contribution in [3.8, 4) is 11.4 Å². The highest BCUT2D eigenvalue weighted by Gasteiger charge is 2.15. The molecule has 4 nitrogen and oxygen atoms in total. The minimum atomic E-state index is -2.65. The summed E-state index contributed by atoms with van der Waals surface area (Å²) in [6, 6.07) is 18.7. The predicted octanol–water partition coefficient (Wildman–Crippen LogP) is 5.51. The van der Waals surface area contributed by atoms with Gasteiger partial charge in [0.1, 0.15) is 17.1 Å². The van der Waals surface area contributed by atoms with E-state index >= 15 is 0 Å². The standard InChI is InChI=1S/C19H13F2N3OS/c20-19(21)16-8-7-15(22-23-16)18-14-10-13(6-9-17(14)25-24-18)26-11-12-4-2-1-3-5-12/h1-10,19H,11H2. The van der Waals surface area contributed by atoms with E-state index in [1.807, 2.05) is 36.4 Å². The van der Waals surface area contributed by atoms with Crippen LogP contribution in [0, 0.1) is 0 Å². The van der Waals surface area contributed by atoms with Crippen LogP contribution >= 0.6 is 11.8 Å². The number of thioether (sulfide) groups is 1. The second-order valence-corrected chi connectivity index (χ2v) is 6.66. The SMILES string of the molecule is FC(F)c1ccc(-c2noc3ccc(SCc4ccccc4)cc23)nn1. The molecular formula is C19H13F2N3OS. The smallest absolute Gasteiger partial charge is 0.282 e. The molecule has 0 bridgehead atoms. The van der Waals surface area contributed by atoms with Gasteiger partial charge < -0.3 is 4.52 Å². The van der Waals surface area contributed by atoms with Crippen molar-refractivity contribution in [3.63, 3.8) is 0 Å². The second kappa shape index (κ2) is 7.21. The molecule has 4 aromatic rings. The zero-order valence-corrected chi connectivity index (χ0v) is 14.3. The Balaban J connectivity index is 1.62. The van der Waals surface area contributed by atoms with Crippen LogP contribution in [-0.4, -0.2) is 15.4 Å². The van der Waals surface area contributed by atoms with Crippen LogP contribution in [0.2, 0.25) is 0 Å². The molecule has 0 saturated heterocycles. The number of alkyl halides is 2. The minimum Gasteiger partial charge on any atom is -0.356 e. The Kier molecular flexibility index (Phi) is 4.62. The molecule has 0 spiro atoms. The van der Waals surface area contributed by atoms with Gasteiger partial charge in [-0.1, -0.05) is 35.5 Å². The van der Waals surface area contributed by atoms with Crippen molar-refractivity contribution >= 4 is 22.7 Å². The molecule has 130 valence electrons. The lowest BCUT2D eigenvalue weighted by molar-refractivity contribution is 0.145. The van der Waals surface area contributed by atoms with Crippen molar-refractivity contribution in [1.29, 1.82) is 0 Å². The number of aromatic nitrogens is 3. The van der Waals surface area contributed by atoms with Crippen molar-refractivity contribution in [3.05, 3.63) is 71.9 Å². The molecule has 0 radical (unpaired) electrons. The van der Waals surface area contributed by atoms with Gasteiger partial charge in [0.2, 0.25) is 0 Å². The predicted molar refractivity (Wildman–Crippen MR) is 96.0 cm³/mol. The van der Waals surface area contributed by atoms with Crippen molar-refractivity contribution < 1.29 is 13.3 Å². The van der Waals surface area contributed by atoms with E-state index in [0.717, 1.165) is 16.0 Å². The number of halogens is 2. The highest BCUT2D eigenvalue weighted by atomic mass is 32.2. The van der Waals surface area contributed by atoms with Crippen LogP contribution in [0.4, 0.5) is 8.78 Å². The molecule has 4 rings (SSSR count). The summed E-state index contributed by atoms with van der Waals surface area (Å²) in [5, 5.41) is 12.2. The van der Waals surface area contributed by atoms with E-state index in [2.05, 4.69) is 27.5 Å². The summed E-state index contributed by atoms with van der Waals surface area (Å²) in [5.41, 5.74) is 2.38. The first kappa shape index (κ1) is 16.7. The zero-order valence-electron chi connectivity index (χ0n) is 13.5. The number of rotatable bonds is 5. The summed E-state index contributed by atoms with van der Waals surface area (Å²) >= 11 is 1.70. The Labute approximate surface area is 152 Å². The van der Waals surface area contributed by atoms with Crippen LogP contribution in [0.3, 0.4) is 0 Å². The fraction of sp³-hybridized carbons (Fsp3) is 0.105. The van der Waals surface area contributed by atoms with Gasteiger partial charge in [0.25, 0.3) is 6.43 Å². The van der Waals surface area contributed by atoms with Gasteiger partial charge in [-0.2, -0.15) is 0 Å². The third kappa shape index (κ3) is 3.43. The van der Waals surface area contributed by atoms with Crippen LogP contribution in [0.15, 0.2) is 70.1 Å². The second-order valence-electron chi connectivity index (χ2n) is 5.61. The maximum Gasteiger partial charge on any atom is 0.282 e. The van der Waals surface area contributed by atoms with Gasteiger partial charge in [0.05, 0.1) is 5.39 Å². The Bertz CT molecular complexity index is 1020. The summed E-state index contributed by atoms with van der Waals surface area (Å²) in [6.45, 7) is 0. The quantitative estimate of drug-likeness (QED) is 0.434. The van der Waals surface area contributed by atoms with Crippen LogP contribution in [0.5, 0.6) is 0 Å². The average Bonchev–Trinajstić information content (AvgIpc) is 3.10.